The molecule has 2 N–H and O–H groups in total. The van der Waals surface area contributed by atoms with Gasteiger partial charge in [-0.15, -0.1) is 0 Å². The largest absolute Gasteiger partial charge is 0.497 e. The number of nitrogens with zero attached hydrogens (tertiary/aromatic N) is 1. The number of carbonyl (C=O) groups is 1. The van der Waals surface area contributed by atoms with Crippen LogP contribution in [0.15, 0.2) is 23.2 Å². The lowest BCUT2D eigenvalue weighted by molar-refractivity contribution is -0.120. The average Bonchev–Trinajstić information content (AvgIpc) is 2.78. The van der Waals surface area contributed by atoms with Gasteiger partial charge in [-0.1, -0.05) is 0 Å². The number of ether oxygens (including phenoxy) is 2. The van der Waals surface area contributed by atoms with Gasteiger partial charge in [0, 0.05) is 12.1 Å². The third-order valence-corrected chi connectivity index (χ3v) is 2.86. The molecule has 1 aromatic carbocycles. The van der Waals surface area contributed by atoms with Crippen LogP contribution in [0.1, 0.15) is 25.5 Å². The van der Waals surface area contributed by atoms with E-state index in [1.807, 2.05) is 13.8 Å². The van der Waals surface area contributed by atoms with Gasteiger partial charge in [0.15, 0.2) is 12.0 Å². The van der Waals surface area contributed by atoms with Gasteiger partial charge in [0.2, 0.25) is 0 Å². The summed E-state index contributed by atoms with van der Waals surface area (Å²) in [5.41, 5.74) is 0.735. The smallest absolute Gasteiger partial charge is 0.256 e. The second-order valence-corrected chi connectivity index (χ2v) is 4.81. The molecule has 0 fully saturated rings. The van der Waals surface area contributed by atoms with Gasteiger partial charge in [0.1, 0.15) is 11.5 Å². The fourth-order valence-corrected chi connectivity index (χ4v) is 1.97. The fraction of sp³-hybridized carbons (Fsp3) is 0.429. The van der Waals surface area contributed by atoms with Gasteiger partial charge in [-0.3, -0.25) is 10.1 Å². The standard InChI is InChI=1S/C14H19N3O3/c1-8(2)15-14-16-12(13(18)17-14)9-5-10(19-3)7-11(6-9)20-4/h5-8,12H,1-4H3,(H2,15,16,17,18). The van der Waals surface area contributed by atoms with Gasteiger partial charge in [-0.2, -0.15) is 0 Å². The van der Waals surface area contributed by atoms with E-state index >= 15 is 0 Å². The Morgan fingerprint density at radius 1 is 1.20 bits per heavy atom. The molecule has 0 bridgehead atoms. The summed E-state index contributed by atoms with van der Waals surface area (Å²) in [5, 5.41) is 5.81. The SMILES string of the molecule is COc1cc(OC)cc(C2N=C(NC(C)C)NC2=O)c1. The maximum atomic E-state index is 12.0. The Hall–Kier alpha value is -2.24. The van der Waals surface area contributed by atoms with E-state index < -0.39 is 6.04 Å². The summed E-state index contributed by atoms with van der Waals surface area (Å²) in [4.78, 5) is 16.4. The van der Waals surface area contributed by atoms with E-state index in [1.54, 1.807) is 32.4 Å². The molecule has 1 aliphatic heterocycles. The van der Waals surface area contributed by atoms with E-state index in [9.17, 15) is 4.79 Å². The minimum Gasteiger partial charge on any atom is -0.497 e. The van der Waals surface area contributed by atoms with Crippen molar-refractivity contribution in [3.8, 4) is 11.5 Å². The lowest BCUT2D eigenvalue weighted by Crippen LogP contribution is -2.40. The molecule has 6 nitrogen and oxygen atoms in total. The van der Waals surface area contributed by atoms with Crippen molar-refractivity contribution in [3.63, 3.8) is 0 Å². The lowest BCUT2D eigenvalue weighted by Gasteiger charge is -2.10. The number of aliphatic imine (C=N–C) groups is 1. The van der Waals surface area contributed by atoms with E-state index in [4.69, 9.17) is 9.47 Å². The monoisotopic (exact) mass is 277 g/mol. The zero-order chi connectivity index (χ0) is 14.7. The predicted molar refractivity (Wildman–Crippen MR) is 76.1 cm³/mol. The van der Waals surface area contributed by atoms with E-state index in [1.165, 1.54) is 0 Å². The molecule has 0 radical (unpaired) electrons. The lowest BCUT2D eigenvalue weighted by atomic mass is 10.1. The molecule has 0 spiro atoms. The van der Waals surface area contributed by atoms with Crippen molar-refractivity contribution < 1.29 is 14.3 Å². The van der Waals surface area contributed by atoms with Gasteiger partial charge in [-0.05, 0) is 31.5 Å². The molecule has 1 heterocycles. The van der Waals surface area contributed by atoms with Crippen molar-refractivity contribution in [2.75, 3.05) is 14.2 Å². The molecule has 0 aliphatic carbocycles. The number of carbonyl (C=O) groups excluding carboxylic acids is 1. The minimum atomic E-state index is -0.583. The Morgan fingerprint density at radius 2 is 1.80 bits per heavy atom. The molecule has 0 saturated carbocycles. The first-order valence-corrected chi connectivity index (χ1v) is 6.41. The number of nitrogens with one attached hydrogen (secondary N) is 2. The summed E-state index contributed by atoms with van der Waals surface area (Å²) in [6, 6.07) is 4.95. The minimum absolute atomic E-state index is 0.163. The van der Waals surface area contributed by atoms with Crippen molar-refractivity contribution in [3.05, 3.63) is 23.8 Å². The molecule has 1 atom stereocenters. The third-order valence-electron chi connectivity index (χ3n) is 2.86. The van der Waals surface area contributed by atoms with Gasteiger partial charge in [-0.25, -0.2) is 4.99 Å². The number of hydrogen-bond donors (Lipinski definition) is 2. The van der Waals surface area contributed by atoms with Crippen molar-refractivity contribution in [2.45, 2.75) is 25.9 Å². The molecule has 1 unspecified atom stereocenters. The average molecular weight is 277 g/mol. The Morgan fingerprint density at radius 3 is 2.30 bits per heavy atom. The van der Waals surface area contributed by atoms with E-state index in [0.717, 1.165) is 5.56 Å². The van der Waals surface area contributed by atoms with Crippen LogP contribution in [0.2, 0.25) is 0 Å². The van der Waals surface area contributed by atoms with Crippen molar-refractivity contribution >= 4 is 11.9 Å². The third kappa shape index (κ3) is 3.01. The number of rotatable bonds is 4. The number of guanidine groups is 1. The summed E-state index contributed by atoms with van der Waals surface area (Å²) < 4.78 is 10.4. The van der Waals surface area contributed by atoms with Gasteiger partial charge < -0.3 is 14.8 Å². The molecule has 0 aromatic heterocycles. The number of methoxy groups -OCH3 is 2. The molecule has 0 saturated heterocycles. The number of amides is 1. The number of hydrogen-bond acceptors (Lipinski definition) is 5. The first-order valence-electron chi connectivity index (χ1n) is 6.41. The van der Waals surface area contributed by atoms with Crippen molar-refractivity contribution in [2.24, 2.45) is 4.99 Å². The highest BCUT2D eigenvalue weighted by Gasteiger charge is 2.28. The highest BCUT2D eigenvalue weighted by atomic mass is 16.5. The Kier molecular flexibility index (Phi) is 4.12. The summed E-state index contributed by atoms with van der Waals surface area (Å²) in [6.07, 6.45) is 0. The maximum absolute atomic E-state index is 12.0. The Balaban J connectivity index is 2.30. The number of benzene rings is 1. The predicted octanol–water partition coefficient (Wildman–Crippen LogP) is 1.23. The Labute approximate surface area is 118 Å². The topological polar surface area (TPSA) is 72.0 Å². The molecule has 20 heavy (non-hydrogen) atoms. The fourth-order valence-electron chi connectivity index (χ4n) is 1.97. The normalized spacial score (nSPS) is 17.8. The molecule has 1 aromatic rings. The summed E-state index contributed by atoms with van der Waals surface area (Å²) >= 11 is 0. The first kappa shape index (κ1) is 14.2. The van der Waals surface area contributed by atoms with Crippen LogP contribution >= 0.6 is 0 Å². The van der Waals surface area contributed by atoms with E-state index in [0.29, 0.717) is 17.5 Å². The Bertz CT molecular complexity index is 518. The van der Waals surface area contributed by atoms with Crippen LogP contribution in [0.25, 0.3) is 0 Å². The van der Waals surface area contributed by atoms with Crippen LogP contribution in [-0.4, -0.2) is 32.1 Å². The molecular formula is C14H19N3O3. The molecule has 108 valence electrons. The first-order chi connectivity index (χ1) is 9.53. The van der Waals surface area contributed by atoms with Crippen LogP contribution < -0.4 is 20.1 Å². The van der Waals surface area contributed by atoms with Crippen molar-refractivity contribution in [1.82, 2.24) is 10.6 Å². The molecular weight excluding hydrogens is 258 g/mol. The molecule has 1 amide bonds. The van der Waals surface area contributed by atoms with Crippen LogP contribution in [0.3, 0.4) is 0 Å². The summed E-state index contributed by atoms with van der Waals surface area (Å²) in [5.74, 6) is 1.60. The van der Waals surface area contributed by atoms with E-state index in [2.05, 4.69) is 15.6 Å². The van der Waals surface area contributed by atoms with Crippen LogP contribution in [0.5, 0.6) is 11.5 Å². The zero-order valence-corrected chi connectivity index (χ0v) is 12.1. The molecule has 6 heteroatoms. The summed E-state index contributed by atoms with van der Waals surface area (Å²) in [6.45, 7) is 3.97. The quantitative estimate of drug-likeness (QED) is 0.868. The van der Waals surface area contributed by atoms with Crippen LogP contribution in [-0.2, 0) is 4.79 Å². The summed E-state index contributed by atoms with van der Waals surface area (Å²) in [7, 11) is 3.14. The highest BCUT2D eigenvalue weighted by Crippen LogP contribution is 2.29. The van der Waals surface area contributed by atoms with Crippen LogP contribution in [0, 0.1) is 0 Å². The van der Waals surface area contributed by atoms with Gasteiger partial charge in [0.25, 0.3) is 5.91 Å². The van der Waals surface area contributed by atoms with Crippen molar-refractivity contribution in [1.29, 1.82) is 0 Å². The molecule has 1 aliphatic rings. The maximum Gasteiger partial charge on any atom is 0.256 e. The second kappa shape index (κ2) is 5.81. The van der Waals surface area contributed by atoms with Gasteiger partial charge in [0.05, 0.1) is 14.2 Å². The van der Waals surface area contributed by atoms with Gasteiger partial charge >= 0.3 is 0 Å². The molecule has 2 rings (SSSR count). The van der Waals surface area contributed by atoms with E-state index in [-0.39, 0.29) is 11.9 Å². The zero-order valence-electron chi connectivity index (χ0n) is 12.1. The second-order valence-electron chi connectivity index (χ2n) is 4.81. The van der Waals surface area contributed by atoms with Crippen LogP contribution in [0.4, 0.5) is 0 Å². The highest BCUT2D eigenvalue weighted by molar-refractivity contribution is 6.05.